The minimum absolute atomic E-state index is 1.10. The van der Waals surface area contributed by atoms with E-state index < -0.39 is 0 Å². The van der Waals surface area contributed by atoms with Crippen molar-refractivity contribution in [3.63, 3.8) is 0 Å². The second kappa shape index (κ2) is 2.57. The van der Waals surface area contributed by atoms with Crippen molar-refractivity contribution < 1.29 is 0 Å². The zero-order valence-electron chi connectivity index (χ0n) is 6.80. The molecule has 0 atom stereocenters. The maximum atomic E-state index is 4.19. The molecule has 3 nitrogen and oxygen atoms in total. The van der Waals surface area contributed by atoms with Gasteiger partial charge in [-0.2, -0.15) is 5.10 Å². The molecule has 1 aliphatic heterocycles. The van der Waals surface area contributed by atoms with E-state index in [2.05, 4.69) is 10.4 Å². The van der Waals surface area contributed by atoms with Gasteiger partial charge in [0.2, 0.25) is 0 Å². The molecule has 0 saturated carbocycles. The van der Waals surface area contributed by atoms with E-state index in [0.29, 0.717) is 0 Å². The number of nitrogens with zero attached hydrogens (tertiary/aromatic N) is 2. The normalized spacial score (nSPS) is 16.8. The molecule has 2 rings (SSSR count). The molecule has 1 aromatic heterocycles. The third-order valence-electron chi connectivity index (χ3n) is 2.22. The molecule has 3 heteroatoms. The van der Waals surface area contributed by atoms with E-state index in [-0.39, 0.29) is 0 Å². The number of hydrogen-bond acceptors (Lipinski definition) is 2. The van der Waals surface area contributed by atoms with E-state index in [1.807, 2.05) is 17.9 Å². The quantitative estimate of drug-likeness (QED) is 0.603. The zero-order chi connectivity index (χ0) is 7.68. The average Bonchev–Trinajstić information content (AvgIpc) is 2.25. The Morgan fingerprint density at radius 2 is 2.45 bits per heavy atom. The smallest absolute Gasteiger partial charge is 0.0759 e. The fourth-order valence-electron chi connectivity index (χ4n) is 1.55. The number of anilines is 1. The van der Waals surface area contributed by atoms with Crippen molar-refractivity contribution in [3.05, 3.63) is 11.9 Å². The minimum atomic E-state index is 1.10. The lowest BCUT2D eigenvalue weighted by atomic mass is 10.2. The Bertz CT molecular complexity index is 252. The van der Waals surface area contributed by atoms with Gasteiger partial charge in [-0.25, -0.2) is 0 Å². The van der Waals surface area contributed by atoms with E-state index in [9.17, 15) is 0 Å². The third kappa shape index (κ3) is 1.11. The summed E-state index contributed by atoms with van der Waals surface area (Å²) in [4.78, 5) is 0. The predicted molar refractivity (Wildman–Crippen MR) is 44.6 cm³/mol. The number of aromatic nitrogens is 2. The van der Waals surface area contributed by atoms with E-state index in [1.54, 1.807) is 0 Å². The molecule has 1 N–H and O–H groups in total. The predicted octanol–water partition coefficient (Wildman–Crippen LogP) is 1.17. The van der Waals surface area contributed by atoms with Crippen molar-refractivity contribution in [3.8, 4) is 0 Å². The van der Waals surface area contributed by atoms with Gasteiger partial charge in [0.15, 0.2) is 0 Å². The highest BCUT2D eigenvalue weighted by Crippen LogP contribution is 2.19. The van der Waals surface area contributed by atoms with Crippen molar-refractivity contribution in [2.75, 3.05) is 11.9 Å². The largest absolute Gasteiger partial charge is 0.382 e. The Morgan fingerprint density at radius 1 is 1.55 bits per heavy atom. The first-order valence-electron chi connectivity index (χ1n) is 4.12. The average molecular weight is 151 g/mol. The number of aryl methyl sites for hydroxylation is 1. The van der Waals surface area contributed by atoms with Crippen molar-refractivity contribution in [2.24, 2.45) is 7.05 Å². The van der Waals surface area contributed by atoms with E-state index in [4.69, 9.17) is 0 Å². The van der Waals surface area contributed by atoms with Gasteiger partial charge in [0.05, 0.1) is 17.6 Å². The van der Waals surface area contributed by atoms with Gasteiger partial charge in [0, 0.05) is 13.6 Å². The second-order valence-electron chi connectivity index (χ2n) is 3.01. The van der Waals surface area contributed by atoms with Crippen LogP contribution in [0.25, 0.3) is 0 Å². The first kappa shape index (κ1) is 6.70. The number of rotatable bonds is 0. The molecular weight excluding hydrogens is 138 g/mol. The molecule has 1 aromatic rings. The van der Waals surface area contributed by atoms with Gasteiger partial charge in [-0.3, -0.25) is 4.68 Å². The molecule has 0 unspecified atom stereocenters. The molecule has 0 amide bonds. The summed E-state index contributed by atoms with van der Waals surface area (Å²) < 4.78 is 1.97. The molecule has 11 heavy (non-hydrogen) atoms. The van der Waals surface area contributed by atoms with Crippen LogP contribution < -0.4 is 5.32 Å². The van der Waals surface area contributed by atoms with Crippen molar-refractivity contribution in [2.45, 2.75) is 19.3 Å². The lowest BCUT2D eigenvalue weighted by Gasteiger charge is -2.00. The van der Waals surface area contributed by atoms with E-state index in [0.717, 1.165) is 6.54 Å². The van der Waals surface area contributed by atoms with Crippen LogP contribution in [0.15, 0.2) is 6.20 Å². The summed E-state index contributed by atoms with van der Waals surface area (Å²) in [5.41, 5.74) is 2.58. The molecule has 1 aliphatic rings. The summed E-state index contributed by atoms with van der Waals surface area (Å²) in [6, 6.07) is 0. The van der Waals surface area contributed by atoms with Crippen LogP contribution in [0.4, 0.5) is 5.69 Å². The molecular formula is C8H13N3. The highest BCUT2D eigenvalue weighted by molar-refractivity contribution is 5.47. The topological polar surface area (TPSA) is 29.9 Å². The Kier molecular flexibility index (Phi) is 1.56. The zero-order valence-corrected chi connectivity index (χ0v) is 6.80. The van der Waals surface area contributed by atoms with Gasteiger partial charge in [0.1, 0.15) is 0 Å². The maximum absolute atomic E-state index is 4.19. The number of fused-ring (bicyclic) bond motifs is 1. The summed E-state index contributed by atoms with van der Waals surface area (Å²) in [5, 5.41) is 7.56. The van der Waals surface area contributed by atoms with Gasteiger partial charge < -0.3 is 5.32 Å². The van der Waals surface area contributed by atoms with Crippen LogP contribution in [-0.4, -0.2) is 16.3 Å². The van der Waals surface area contributed by atoms with Gasteiger partial charge in [-0.05, 0) is 19.3 Å². The van der Waals surface area contributed by atoms with Crippen LogP contribution in [0.5, 0.6) is 0 Å². The third-order valence-corrected chi connectivity index (χ3v) is 2.22. The van der Waals surface area contributed by atoms with Crippen molar-refractivity contribution in [1.82, 2.24) is 9.78 Å². The van der Waals surface area contributed by atoms with Crippen molar-refractivity contribution in [1.29, 1.82) is 0 Å². The van der Waals surface area contributed by atoms with Gasteiger partial charge >= 0.3 is 0 Å². The van der Waals surface area contributed by atoms with Crippen molar-refractivity contribution >= 4 is 5.69 Å². The van der Waals surface area contributed by atoms with Gasteiger partial charge in [-0.1, -0.05) is 0 Å². The summed E-state index contributed by atoms with van der Waals surface area (Å²) >= 11 is 0. The molecule has 60 valence electrons. The highest BCUT2D eigenvalue weighted by Gasteiger charge is 2.10. The Morgan fingerprint density at radius 3 is 3.36 bits per heavy atom. The molecule has 0 saturated heterocycles. The first-order chi connectivity index (χ1) is 5.38. The molecule has 0 aliphatic carbocycles. The molecule has 0 spiro atoms. The van der Waals surface area contributed by atoms with Crippen LogP contribution in [0.1, 0.15) is 18.5 Å². The van der Waals surface area contributed by atoms with Crippen LogP contribution in [0, 0.1) is 0 Å². The monoisotopic (exact) mass is 151 g/mol. The fourth-order valence-corrected chi connectivity index (χ4v) is 1.55. The van der Waals surface area contributed by atoms with Crippen LogP contribution in [0.2, 0.25) is 0 Å². The van der Waals surface area contributed by atoms with E-state index >= 15 is 0 Å². The van der Waals surface area contributed by atoms with Crippen LogP contribution >= 0.6 is 0 Å². The summed E-state index contributed by atoms with van der Waals surface area (Å²) in [7, 11) is 2.01. The highest BCUT2D eigenvalue weighted by atomic mass is 15.3. The standard InChI is InChI=1S/C8H13N3/c1-11-8-4-2-3-5-9-7(8)6-10-11/h6,9H,2-5H2,1H3. The molecule has 0 bridgehead atoms. The number of nitrogens with one attached hydrogen (secondary N) is 1. The summed E-state index contributed by atoms with van der Waals surface area (Å²) in [6.07, 6.45) is 5.63. The molecule has 0 radical (unpaired) electrons. The Labute approximate surface area is 66.4 Å². The molecule has 0 aromatic carbocycles. The Balaban J connectivity index is 2.35. The van der Waals surface area contributed by atoms with E-state index in [1.165, 1.54) is 30.6 Å². The Hall–Kier alpha value is -0.990. The lowest BCUT2D eigenvalue weighted by Crippen LogP contribution is -1.99. The van der Waals surface area contributed by atoms with Crippen LogP contribution in [-0.2, 0) is 13.5 Å². The van der Waals surface area contributed by atoms with Gasteiger partial charge in [0.25, 0.3) is 0 Å². The number of hydrogen-bond donors (Lipinski definition) is 1. The minimum Gasteiger partial charge on any atom is -0.382 e. The summed E-state index contributed by atoms with van der Waals surface area (Å²) in [5.74, 6) is 0. The maximum Gasteiger partial charge on any atom is 0.0759 e. The van der Waals surface area contributed by atoms with Crippen LogP contribution in [0.3, 0.4) is 0 Å². The second-order valence-corrected chi connectivity index (χ2v) is 3.01. The molecule has 0 fully saturated rings. The summed E-state index contributed by atoms with van der Waals surface area (Å²) in [6.45, 7) is 1.10. The SMILES string of the molecule is Cn1ncc2c1CCCCN2. The molecule has 2 heterocycles. The lowest BCUT2D eigenvalue weighted by molar-refractivity contribution is 0.679. The van der Waals surface area contributed by atoms with Gasteiger partial charge in [-0.15, -0.1) is 0 Å². The fraction of sp³-hybridized carbons (Fsp3) is 0.625. The first-order valence-corrected chi connectivity index (χ1v) is 4.12.